The minimum atomic E-state index is 0. The molecule has 0 spiro atoms. The van der Waals surface area contributed by atoms with Crippen LogP contribution in [0, 0.1) is 0 Å². The molecule has 0 aromatic heterocycles. The average Bonchev–Trinajstić information content (AvgIpc) is 2.19. The summed E-state index contributed by atoms with van der Waals surface area (Å²) in [7, 11) is 0. The summed E-state index contributed by atoms with van der Waals surface area (Å²) in [5.41, 5.74) is 4.39. The summed E-state index contributed by atoms with van der Waals surface area (Å²) in [5.74, 6) is 0. The normalized spacial score (nSPS) is 17.4. The molecule has 0 aliphatic heterocycles. The summed E-state index contributed by atoms with van der Waals surface area (Å²) >= 11 is 0. The lowest BCUT2D eigenvalue weighted by Gasteiger charge is -2.17. The number of hydrogen-bond acceptors (Lipinski definition) is 0. The summed E-state index contributed by atoms with van der Waals surface area (Å²) in [6.07, 6.45) is 9.72. The minimum absolute atomic E-state index is 0. The second kappa shape index (κ2) is 9.51. The van der Waals surface area contributed by atoms with E-state index in [-0.39, 0.29) is 7.43 Å². The molecule has 0 saturated heterocycles. The highest BCUT2D eigenvalue weighted by atomic mass is 14.1. The van der Waals surface area contributed by atoms with E-state index in [1.165, 1.54) is 36.0 Å². The predicted molar refractivity (Wildman–Crippen MR) is 73.1 cm³/mol. The van der Waals surface area contributed by atoms with Gasteiger partial charge < -0.3 is 0 Å². The van der Waals surface area contributed by atoms with Crippen LogP contribution in [0.4, 0.5) is 0 Å². The van der Waals surface area contributed by atoms with Crippen molar-refractivity contribution in [1.29, 1.82) is 0 Å². The van der Waals surface area contributed by atoms with E-state index in [0.29, 0.717) is 0 Å². The van der Waals surface area contributed by atoms with E-state index < -0.39 is 0 Å². The van der Waals surface area contributed by atoms with E-state index >= 15 is 0 Å². The van der Waals surface area contributed by atoms with Gasteiger partial charge in [0.15, 0.2) is 0 Å². The van der Waals surface area contributed by atoms with Crippen LogP contribution in [0.25, 0.3) is 0 Å². The molecule has 1 rings (SSSR count). The van der Waals surface area contributed by atoms with Gasteiger partial charge in [-0.15, -0.1) is 6.58 Å². The molecule has 1 aliphatic rings. The van der Waals surface area contributed by atoms with Gasteiger partial charge in [-0.2, -0.15) is 0 Å². The van der Waals surface area contributed by atoms with Crippen molar-refractivity contribution in [2.24, 2.45) is 0 Å². The van der Waals surface area contributed by atoms with Crippen LogP contribution < -0.4 is 0 Å². The molecule has 0 amide bonds. The van der Waals surface area contributed by atoms with E-state index in [4.69, 9.17) is 0 Å². The van der Waals surface area contributed by atoms with Crippen molar-refractivity contribution in [3.05, 3.63) is 48.1 Å². The van der Waals surface area contributed by atoms with Gasteiger partial charge in [0.05, 0.1) is 0 Å². The first kappa shape index (κ1) is 16.4. The lowest BCUT2D eigenvalue weighted by atomic mass is 9.88. The summed E-state index contributed by atoms with van der Waals surface area (Å²) < 4.78 is 0. The van der Waals surface area contributed by atoms with Crippen molar-refractivity contribution in [2.45, 2.75) is 47.5 Å². The van der Waals surface area contributed by atoms with Crippen LogP contribution in [0.5, 0.6) is 0 Å². The van der Waals surface area contributed by atoms with Gasteiger partial charge in [-0.3, -0.25) is 0 Å². The zero-order chi connectivity index (χ0) is 11.0. The fourth-order valence-corrected chi connectivity index (χ4v) is 1.67. The van der Waals surface area contributed by atoms with Gasteiger partial charge in [-0.05, 0) is 56.8 Å². The molecule has 0 N–H and O–H groups in total. The molecule has 0 nitrogen and oxygen atoms in total. The molecule has 15 heavy (non-hydrogen) atoms. The van der Waals surface area contributed by atoms with Gasteiger partial charge in [0, 0.05) is 0 Å². The molecular formula is C15H26. The van der Waals surface area contributed by atoms with Gasteiger partial charge in [0.1, 0.15) is 0 Å². The highest BCUT2D eigenvalue weighted by Crippen LogP contribution is 2.29. The first-order valence-electron chi connectivity index (χ1n) is 5.26. The largest absolute Gasteiger partial charge is 0.103 e. The Morgan fingerprint density at radius 1 is 1.13 bits per heavy atom. The van der Waals surface area contributed by atoms with Gasteiger partial charge in [0.2, 0.25) is 0 Å². The summed E-state index contributed by atoms with van der Waals surface area (Å²) in [5, 5.41) is 0. The maximum absolute atomic E-state index is 3.82. The first-order valence-corrected chi connectivity index (χ1v) is 5.26. The second-order valence-corrected chi connectivity index (χ2v) is 3.43. The lowest BCUT2D eigenvalue weighted by Crippen LogP contribution is -1.98. The van der Waals surface area contributed by atoms with Crippen molar-refractivity contribution in [3.63, 3.8) is 0 Å². The Bertz CT molecular complexity index is 251. The Kier molecular flexibility index (Phi) is 10.4. The Hall–Kier alpha value is -1.04. The maximum atomic E-state index is 3.82. The van der Waals surface area contributed by atoms with Crippen LogP contribution in [0.1, 0.15) is 47.5 Å². The molecule has 0 radical (unpaired) electrons. The Balaban J connectivity index is 0. The van der Waals surface area contributed by atoms with Gasteiger partial charge in [-0.1, -0.05) is 32.2 Å². The molecule has 86 valence electrons. The first-order chi connectivity index (χ1) is 6.71. The summed E-state index contributed by atoms with van der Waals surface area (Å²) in [6.45, 7) is 13.4. The molecular weight excluding hydrogens is 180 g/mol. The standard InChI is InChI=1S/C11H16.C3H6.CH4/c1-4-10-7-6-8-11(5-2)9(10)3;1-3-2;/h4-5H,1,6-8H2,2-3H3;3H,1H2,2H3;1H4/b11-5+;;. The van der Waals surface area contributed by atoms with Crippen LogP contribution in [0.15, 0.2) is 48.1 Å². The van der Waals surface area contributed by atoms with Crippen LogP contribution in [-0.2, 0) is 0 Å². The van der Waals surface area contributed by atoms with E-state index in [0.717, 1.165) is 0 Å². The van der Waals surface area contributed by atoms with Gasteiger partial charge in [0.25, 0.3) is 0 Å². The smallest absolute Gasteiger partial charge is 0.0273 e. The average molecular weight is 206 g/mol. The third-order valence-corrected chi connectivity index (χ3v) is 2.45. The van der Waals surface area contributed by atoms with Crippen LogP contribution >= 0.6 is 0 Å². The highest BCUT2D eigenvalue weighted by Gasteiger charge is 2.09. The molecule has 1 aliphatic carbocycles. The quantitative estimate of drug-likeness (QED) is 0.501. The lowest BCUT2D eigenvalue weighted by molar-refractivity contribution is 0.776. The van der Waals surface area contributed by atoms with Crippen molar-refractivity contribution in [1.82, 2.24) is 0 Å². The molecule has 0 saturated carbocycles. The Morgan fingerprint density at radius 2 is 1.67 bits per heavy atom. The van der Waals surface area contributed by atoms with E-state index in [9.17, 15) is 0 Å². The Morgan fingerprint density at radius 3 is 2.07 bits per heavy atom. The topological polar surface area (TPSA) is 0 Å². The van der Waals surface area contributed by atoms with E-state index in [1.54, 1.807) is 6.08 Å². The molecule has 0 heterocycles. The van der Waals surface area contributed by atoms with Crippen molar-refractivity contribution < 1.29 is 0 Å². The maximum Gasteiger partial charge on any atom is -0.0273 e. The SMILES string of the molecule is C.C=CC.C=CC1=C(C)/C(=C/C)CCC1. The molecule has 0 aromatic rings. The van der Waals surface area contributed by atoms with Crippen LogP contribution in [0.2, 0.25) is 0 Å². The molecule has 0 heteroatoms. The number of rotatable bonds is 1. The molecule has 0 bridgehead atoms. The van der Waals surface area contributed by atoms with E-state index in [2.05, 4.69) is 33.1 Å². The van der Waals surface area contributed by atoms with Crippen molar-refractivity contribution in [2.75, 3.05) is 0 Å². The zero-order valence-electron chi connectivity index (χ0n) is 9.77. The van der Waals surface area contributed by atoms with Gasteiger partial charge in [-0.25, -0.2) is 0 Å². The minimum Gasteiger partial charge on any atom is -0.103 e. The highest BCUT2D eigenvalue weighted by molar-refractivity contribution is 5.40. The zero-order valence-corrected chi connectivity index (χ0v) is 9.77. The van der Waals surface area contributed by atoms with Crippen molar-refractivity contribution in [3.8, 4) is 0 Å². The number of allylic oxidation sites excluding steroid dienone is 6. The second-order valence-electron chi connectivity index (χ2n) is 3.43. The third-order valence-electron chi connectivity index (χ3n) is 2.45. The summed E-state index contributed by atoms with van der Waals surface area (Å²) in [6, 6.07) is 0. The third kappa shape index (κ3) is 5.41. The van der Waals surface area contributed by atoms with E-state index in [1.807, 2.05) is 13.0 Å². The molecule has 0 fully saturated rings. The molecule has 0 atom stereocenters. The molecule has 0 aromatic carbocycles. The molecule has 0 unspecified atom stereocenters. The fraction of sp³-hybridized carbons (Fsp3) is 0.467. The van der Waals surface area contributed by atoms with Crippen LogP contribution in [-0.4, -0.2) is 0 Å². The Labute approximate surface area is 96.1 Å². The fourth-order valence-electron chi connectivity index (χ4n) is 1.67. The van der Waals surface area contributed by atoms with Crippen molar-refractivity contribution >= 4 is 0 Å². The van der Waals surface area contributed by atoms with Gasteiger partial charge >= 0.3 is 0 Å². The monoisotopic (exact) mass is 206 g/mol. The summed E-state index contributed by atoms with van der Waals surface area (Å²) in [4.78, 5) is 0. The number of hydrogen-bond donors (Lipinski definition) is 0. The predicted octanol–water partition coefficient (Wildman–Crippen LogP) is 5.45. The van der Waals surface area contributed by atoms with Crippen LogP contribution in [0.3, 0.4) is 0 Å².